The quantitative estimate of drug-likeness (QED) is 0.302. The van der Waals surface area contributed by atoms with Gasteiger partial charge in [0.05, 0.1) is 23.1 Å². The predicted molar refractivity (Wildman–Crippen MR) is 157 cm³/mol. The Balaban J connectivity index is 1.29. The fraction of sp³-hybridized carbons (Fsp3) is 0.179. The van der Waals surface area contributed by atoms with E-state index in [-0.39, 0.29) is 24.7 Å². The van der Waals surface area contributed by atoms with Gasteiger partial charge in [0.15, 0.2) is 5.15 Å². The van der Waals surface area contributed by atoms with E-state index in [2.05, 4.69) is 25.7 Å². The van der Waals surface area contributed by atoms with E-state index < -0.39 is 23.8 Å². The van der Waals surface area contributed by atoms with Crippen LogP contribution in [0.25, 0.3) is 16.6 Å². The van der Waals surface area contributed by atoms with Crippen molar-refractivity contribution in [2.24, 2.45) is 7.05 Å². The van der Waals surface area contributed by atoms with E-state index in [9.17, 15) is 14.4 Å². The second-order valence-corrected chi connectivity index (χ2v) is 10.6. The zero-order valence-corrected chi connectivity index (χ0v) is 23.7. The second kappa shape index (κ2) is 11.2. The van der Waals surface area contributed by atoms with Crippen LogP contribution in [0, 0.1) is 0 Å². The Morgan fingerprint density at radius 3 is 2.55 bits per heavy atom. The zero-order chi connectivity index (χ0) is 29.4. The van der Waals surface area contributed by atoms with Crippen molar-refractivity contribution in [3.63, 3.8) is 0 Å². The molecule has 3 amide bonds. The van der Waals surface area contributed by atoms with Crippen molar-refractivity contribution < 1.29 is 14.4 Å². The monoisotopic (exact) mass is 603 g/mol. The molecule has 212 valence electrons. The maximum Gasteiger partial charge on any atom is 0.247 e. The molecule has 1 aliphatic rings. The third-order valence-electron chi connectivity index (χ3n) is 6.90. The lowest BCUT2D eigenvalue weighted by Crippen LogP contribution is -2.60. The van der Waals surface area contributed by atoms with Crippen molar-refractivity contribution >= 4 is 63.2 Å². The van der Waals surface area contributed by atoms with Gasteiger partial charge < -0.3 is 10.2 Å². The Labute approximate surface area is 249 Å². The Hall–Kier alpha value is -4.81. The molecule has 3 aromatic heterocycles. The Morgan fingerprint density at radius 2 is 1.79 bits per heavy atom. The van der Waals surface area contributed by atoms with Gasteiger partial charge in [-0.1, -0.05) is 28.4 Å². The highest BCUT2D eigenvalue weighted by molar-refractivity contribution is 6.31. The minimum atomic E-state index is -0.969. The molecule has 1 fully saturated rings. The topological polar surface area (TPSA) is 131 Å². The molecule has 4 heterocycles. The summed E-state index contributed by atoms with van der Waals surface area (Å²) in [6.45, 7) is -0.635. The summed E-state index contributed by atoms with van der Waals surface area (Å²) >= 11 is 12.2. The first kappa shape index (κ1) is 27.4. The first-order chi connectivity index (χ1) is 20.2. The summed E-state index contributed by atoms with van der Waals surface area (Å²) in [5.41, 5.74) is 2.95. The van der Waals surface area contributed by atoms with Crippen molar-refractivity contribution in [2.75, 3.05) is 23.3 Å². The number of halogens is 2. The minimum absolute atomic E-state index is 0.163. The maximum atomic E-state index is 13.7. The van der Waals surface area contributed by atoms with E-state index in [1.54, 1.807) is 59.5 Å². The van der Waals surface area contributed by atoms with Crippen LogP contribution < -0.4 is 10.2 Å². The number of hydrogen-bond acceptors (Lipinski definition) is 7. The van der Waals surface area contributed by atoms with Gasteiger partial charge in [-0.2, -0.15) is 5.10 Å². The second-order valence-electron chi connectivity index (χ2n) is 9.76. The van der Waals surface area contributed by atoms with Gasteiger partial charge in [-0.25, -0.2) is 4.68 Å². The molecule has 1 atom stereocenters. The first-order valence-corrected chi connectivity index (χ1v) is 13.6. The highest BCUT2D eigenvalue weighted by Crippen LogP contribution is 2.30. The highest BCUT2D eigenvalue weighted by atomic mass is 35.5. The molecular formula is C28H23Cl2N9O3. The van der Waals surface area contributed by atoms with Crippen molar-refractivity contribution in [2.45, 2.75) is 12.5 Å². The molecule has 0 radical (unpaired) electrons. The predicted octanol–water partition coefficient (Wildman–Crippen LogP) is 3.28. The number of fused-ring (bicyclic) bond motifs is 1. The molecule has 5 aromatic rings. The summed E-state index contributed by atoms with van der Waals surface area (Å²) in [5.74, 6) is -1.23. The van der Waals surface area contributed by atoms with E-state index >= 15 is 0 Å². The van der Waals surface area contributed by atoms with Crippen LogP contribution in [0.1, 0.15) is 5.56 Å². The zero-order valence-electron chi connectivity index (χ0n) is 22.2. The van der Waals surface area contributed by atoms with Gasteiger partial charge in [-0.05, 0) is 54.1 Å². The third-order valence-corrected chi connectivity index (χ3v) is 7.31. The number of pyridine rings is 1. The molecular weight excluding hydrogens is 581 g/mol. The van der Waals surface area contributed by atoms with Crippen molar-refractivity contribution in [3.8, 4) is 5.69 Å². The fourth-order valence-corrected chi connectivity index (χ4v) is 5.24. The molecule has 0 bridgehead atoms. The van der Waals surface area contributed by atoms with Gasteiger partial charge >= 0.3 is 0 Å². The van der Waals surface area contributed by atoms with E-state index in [0.29, 0.717) is 22.1 Å². The molecule has 14 heteroatoms. The Bertz CT molecular complexity index is 1820. The summed E-state index contributed by atoms with van der Waals surface area (Å²) in [7, 11) is 1.82. The number of amides is 3. The molecule has 1 aliphatic heterocycles. The molecule has 12 nitrogen and oxygen atoms in total. The third kappa shape index (κ3) is 5.54. The number of carbonyl (C=O) groups excluding carboxylic acids is 3. The largest absolute Gasteiger partial charge is 0.324 e. The van der Waals surface area contributed by atoms with Crippen molar-refractivity contribution in [3.05, 3.63) is 89.1 Å². The number of nitrogens with zero attached hydrogens (tertiary/aromatic N) is 8. The first-order valence-electron chi connectivity index (χ1n) is 12.9. The summed E-state index contributed by atoms with van der Waals surface area (Å²) in [6.07, 6.45) is 6.74. The number of hydrogen-bond donors (Lipinski definition) is 1. The molecule has 1 saturated heterocycles. The number of piperazine rings is 1. The van der Waals surface area contributed by atoms with E-state index in [0.717, 1.165) is 16.5 Å². The van der Waals surface area contributed by atoms with Crippen molar-refractivity contribution in [1.82, 2.24) is 34.7 Å². The molecule has 0 aliphatic carbocycles. The number of benzene rings is 2. The number of aromatic nitrogens is 6. The average Bonchev–Trinajstić information content (AvgIpc) is 3.57. The molecule has 1 unspecified atom stereocenters. The lowest BCUT2D eigenvalue weighted by atomic mass is 10.0. The van der Waals surface area contributed by atoms with Crippen LogP contribution in [0.15, 0.2) is 73.3 Å². The van der Waals surface area contributed by atoms with Gasteiger partial charge in [-0.3, -0.25) is 28.9 Å². The van der Waals surface area contributed by atoms with Crippen LogP contribution in [0.3, 0.4) is 0 Å². The number of aryl methyl sites for hydroxylation is 1. The SMILES string of the molecule is Cn1cc2cc(NC(=O)C(Cc3ccncc3)N3CC(=O)N(c4cc(Cl)ccc4-n4cc(Cl)nn4)CC3=O)ccc2n1. The van der Waals surface area contributed by atoms with Crippen LogP contribution in [-0.4, -0.2) is 71.5 Å². The van der Waals surface area contributed by atoms with Gasteiger partial charge in [0.2, 0.25) is 17.7 Å². The summed E-state index contributed by atoms with van der Waals surface area (Å²) in [6, 6.07) is 12.8. The van der Waals surface area contributed by atoms with Gasteiger partial charge in [0.25, 0.3) is 0 Å². The molecule has 6 rings (SSSR count). The van der Waals surface area contributed by atoms with Crippen LogP contribution in [0.5, 0.6) is 0 Å². The maximum absolute atomic E-state index is 13.7. The number of carbonyl (C=O) groups is 3. The van der Waals surface area contributed by atoms with Crippen LogP contribution >= 0.6 is 23.2 Å². The van der Waals surface area contributed by atoms with E-state index in [1.807, 2.05) is 19.3 Å². The average molecular weight is 604 g/mol. The Morgan fingerprint density at radius 1 is 0.976 bits per heavy atom. The summed E-state index contributed by atoms with van der Waals surface area (Å²) in [4.78, 5) is 47.7. The van der Waals surface area contributed by atoms with Crippen molar-refractivity contribution in [1.29, 1.82) is 0 Å². The standard InChI is InChI=1S/C28H23Cl2N9O3/c1-36-13-18-11-20(3-4-21(18)34-36)32-28(42)24(10-17-6-8-31-9-7-17)38-16-26(40)37(15-27(38)41)23-12-19(29)2-5-22(23)39-14-25(30)33-35-39/h2-9,11-14,24H,10,15-16H2,1H3,(H,32,42). The molecule has 0 saturated carbocycles. The van der Waals surface area contributed by atoms with Crippen LogP contribution in [0.4, 0.5) is 11.4 Å². The van der Waals surface area contributed by atoms with Gasteiger partial charge in [0, 0.05) is 48.2 Å². The fourth-order valence-electron chi connectivity index (χ4n) is 4.94. The molecule has 2 aromatic carbocycles. The lowest BCUT2D eigenvalue weighted by molar-refractivity contribution is -0.143. The lowest BCUT2D eigenvalue weighted by Gasteiger charge is -2.38. The number of nitrogens with one attached hydrogen (secondary N) is 1. The summed E-state index contributed by atoms with van der Waals surface area (Å²) in [5, 5.41) is 16.4. The number of rotatable bonds is 7. The van der Waals surface area contributed by atoms with Crippen LogP contribution in [-0.2, 0) is 27.9 Å². The van der Waals surface area contributed by atoms with E-state index in [1.165, 1.54) is 20.7 Å². The van der Waals surface area contributed by atoms with Gasteiger partial charge in [0.1, 0.15) is 19.1 Å². The van der Waals surface area contributed by atoms with Gasteiger partial charge in [-0.15, -0.1) is 5.10 Å². The molecule has 0 spiro atoms. The van der Waals surface area contributed by atoms with Crippen LogP contribution in [0.2, 0.25) is 10.2 Å². The Kier molecular flexibility index (Phi) is 7.31. The highest BCUT2D eigenvalue weighted by Gasteiger charge is 2.39. The smallest absolute Gasteiger partial charge is 0.247 e. The summed E-state index contributed by atoms with van der Waals surface area (Å²) < 4.78 is 3.09. The molecule has 42 heavy (non-hydrogen) atoms. The van der Waals surface area contributed by atoms with E-state index in [4.69, 9.17) is 23.2 Å². The number of anilines is 2. The minimum Gasteiger partial charge on any atom is -0.324 e. The normalized spacial score (nSPS) is 14.5. The molecule has 1 N–H and O–H groups in total.